The number of fused-ring (bicyclic) bond motifs is 1. The van der Waals surface area contributed by atoms with Gasteiger partial charge >= 0.3 is 0 Å². The summed E-state index contributed by atoms with van der Waals surface area (Å²) in [5.41, 5.74) is 3.79. The monoisotopic (exact) mass is 467 g/mol. The quantitative estimate of drug-likeness (QED) is 0.405. The second kappa shape index (κ2) is 8.37. The van der Waals surface area contributed by atoms with Gasteiger partial charge in [-0.25, -0.2) is 4.39 Å². The number of halogens is 2. The Hall–Kier alpha value is -3.23. The molecule has 162 valence electrons. The van der Waals surface area contributed by atoms with Crippen LogP contribution in [0.25, 0.3) is 27.9 Å². The van der Waals surface area contributed by atoms with Crippen LogP contribution in [0.15, 0.2) is 54.7 Å². The van der Waals surface area contributed by atoms with Crippen LogP contribution in [0.2, 0.25) is 5.02 Å². The number of amides is 1. The second-order valence-electron chi connectivity index (χ2n) is 7.66. The lowest BCUT2D eigenvalue weighted by molar-refractivity contribution is -0.131. The first kappa shape index (κ1) is 20.7. The molecule has 0 fully saturated rings. The summed E-state index contributed by atoms with van der Waals surface area (Å²) in [7, 11) is 0. The molecule has 6 nitrogen and oxygen atoms in total. The fourth-order valence-corrected chi connectivity index (χ4v) is 4.35. The summed E-state index contributed by atoms with van der Waals surface area (Å²) in [6, 6.07) is 12.0. The Morgan fingerprint density at radius 1 is 1.22 bits per heavy atom. The Morgan fingerprint density at radius 3 is 2.78 bits per heavy atom. The van der Waals surface area contributed by atoms with E-state index in [1.54, 1.807) is 27.7 Å². The van der Waals surface area contributed by atoms with Gasteiger partial charge in [-0.2, -0.15) is 5.10 Å². The Kier molecular flexibility index (Phi) is 5.40. The summed E-state index contributed by atoms with van der Waals surface area (Å²) in [5, 5.41) is 8.67. The zero-order chi connectivity index (χ0) is 22.2. The van der Waals surface area contributed by atoms with Gasteiger partial charge in [0.1, 0.15) is 12.4 Å². The van der Waals surface area contributed by atoms with Crippen molar-refractivity contribution in [1.82, 2.24) is 24.6 Å². The van der Waals surface area contributed by atoms with Crippen molar-refractivity contribution >= 4 is 46.2 Å². The summed E-state index contributed by atoms with van der Waals surface area (Å²) < 4.78 is 15.6. The van der Waals surface area contributed by atoms with E-state index in [-0.39, 0.29) is 18.3 Å². The maximum atomic E-state index is 13.5. The molecule has 0 unspecified atom stereocenters. The maximum Gasteiger partial charge on any atom is 0.242 e. The molecule has 3 heterocycles. The smallest absolute Gasteiger partial charge is 0.242 e. The summed E-state index contributed by atoms with van der Waals surface area (Å²) in [4.78, 5) is 17.9. The number of aromatic nitrogens is 4. The molecule has 5 rings (SSSR count). The van der Waals surface area contributed by atoms with Crippen molar-refractivity contribution in [3.63, 3.8) is 0 Å². The first-order chi connectivity index (χ1) is 15.5. The van der Waals surface area contributed by atoms with Crippen molar-refractivity contribution in [2.75, 3.05) is 13.1 Å². The van der Waals surface area contributed by atoms with E-state index in [4.69, 9.17) is 23.8 Å². The highest BCUT2D eigenvalue weighted by molar-refractivity contribution is 7.71. The molecule has 0 saturated heterocycles. The van der Waals surface area contributed by atoms with Crippen molar-refractivity contribution in [3.8, 4) is 11.4 Å². The summed E-state index contributed by atoms with van der Waals surface area (Å²) >= 11 is 11.3. The standard InChI is InChI=1S/C23H19ClFN5OS/c24-16-3-1-15(2-4-16)22-27-28-23(32)30(22)13-21(31)29-9-7-14(8-10-29)19-12-26-20-11-17(25)5-6-18(19)20/h1-7,11-12,26H,8-10,13H2,(H,28,32). The summed E-state index contributed by atoms with van der Waals surface area (Å²) in [6.45, 7) is 1.20. The van der Waals surface area contributed by atoms with E-state index in [1.165, 1.54) is 12.1 Å². The lowest BCUT2D eigenvalue weighted by atomic mass is 9.99. The highest BCUT2D eigenvalue weighted by Gasteiger charge is 2.21. The molecule has 1 amide bonds. The number of hydrogen-bond donors (Lipinski definition) is 2. The predicted octanol–water partition coefficient (Wildman–Crippen LogP) is 5.20. The van der Waals surface area contributed by atoms with Crippen LogP contribution in [0.5, 0.6) is 0 Å². The van der Waals surface area contributed by atoms with E-state index in [1.807, 2.05) is 18.3 Å². The normalized spacial score (nSPS) is 14.1. The molecule has 4 aromatic rings. The molecule has 0 radical (unpaired) electrons. The molecule has 9 heteroatoms. The van der Waals surface area contributed by atoms with Gasteiger partial charge in [-0.1, -0.05) is 17.7 Å². The van der Waals surface area contributed by atoms with Crippen molar-refractivity contribution in [2.24, 2.45) is 0 Å². The number of carbonyl (C=O) groups is 1. The van der Waals surface area contributed by atoms with Gasteiger partial charge in [-0.3, -0.25) is 14.5 Å². The lowest BCUT2D eigenvalue weighted by Crippen LogP contribution is -2.37. The molecular formula is C23H19ClFN5OS. The molecule has 2 N–H and O–H groups in total. The zero-order valence-electron chi connectivity index (χ0n) is 16.9. The van der Waals surface area contributed by atoms with Crippen molar-refractivity contribution < 1.29 is 9.18 Å². The molecule has 0 aliphatic carbocycles. The lowest BCUT2D eigenvalue weighted by Gasteiger charge is -2.27. The molecule has 1 aliphatic rings. The van der Waals surface area contributed by atoms with Gasteiger partial charge in [0.25, 0.3) is 0 Å². The Labute approximate surface area is 193 Å². The van der Waals surface area contributed by atoms with Crippen LogP contribution < -0.4 is 0 Å². The molecular weight excluding hydrogens is 449 g/mol. The third-order valence-corrected chi connectivity index (χ3v) is 6.27. The number of hydrogen-bond acceptors (Lipinski definition) is 3. The predicted molar refractivity (Wildman–Crippen MR) is 125 cm³/mol. The van der Waals surface area contributed by atoms with E-state index < -0.39 is 0 Å². The number of nitrogens with zero attached hydrogens (tertiary/aromatic N) is 3. The molecule has 32 heavy (non-hydrogen) atoms. The highest BCUT2D eigenvalue weighted by Crippen LogP contribution is 2.30. The van der Waals surface area contributed by atoms with Crippen LogP contribution >= 0.6 is 23.8 Å². The number of nitrogens with one attached hydrogen (secondary N) is 2. The minimum absolute atomic E-state index is 0.0333. The molecule has 1 aliphatic heterocycles. The van der Waals surface area contributed by atoms with Gasteiger partial charge in [-0.15, -0.1) is 0 Å². The molecule has 0 atom stereocenters. The SMILES string of the molecule is O=C(Cn1c(-c2ccc(Cl)cc2)n[nH]c1=S)N1CC=C(c2c[nH]c3cc(F)ccc23)CC1. The van der Waals surface area contributed by atoms with Crippen LogP contribution in [0, 0.1) is 10.6 Å². The molecule has 2 aromatic heterocycles. The van der Waals surface area contributed by atoms with Crippen LogP contribution in [0.3, 0.4) is 0 Å². The van der Waals surface area contributed by atoms with Gasteiger partial charge in [0, 0.05) is 46.3 Å². The first-order valence-electron chi connectivity index (χ1n) is 10.1. The van der Waals surface area contributed by atoms with E-state index in [9.17, 15) is 9.18 Å². The van der Waals surface area contributed by atoms with Crippen molar-refractivity contribution in [1.29, 1.82) is 0 Å². The molecule has 0 saturated carbocycles. The van der Waals surface area contributed by atoms with Crippen LogP contribution in [-0.4, -0.2) is 43.6 Å². The number of rotatable bonds is 4. The van der Waals surface area contributed by atoms with Crippen molar-refractivity contribution in [2.45, 2.75) is 13.0 Å². The number of carbonyl (C=O) groups excluding carboxylic acids is 1. The summed E-state index contributed by atoms with van der Waals surface area (Å²) in [5.74, 6) is 0.296. The third kappa shape index (κ3) is 3.87. The molecule has 0 spiro atoms. The number of aromatic amines is 2. The van der Waals surface area contributed by atoms with Gasteiger partial charge in [0.15, 0.2) is 10.6 Å². The topological polar surface area (TPSA) is 69.7 Å². The van der Waals surface area contributed by atoms with Gasteiger partial charge in [0.2, 0.25) is 5.91 Å². The van der Waals surface area contributed by atoms with Crippen molar-refractivity contribution in [3.05, 3.63) is 75.9 Å². The average molecular weight is 468 g/mol. The van der Waals surface area contributed by atoms with E-state index in [0.717, 1.165) is 34.0 Å². The molecule has 0 bridgehead atoms. The zero-order valence-corrected chi connectivity index (χ0v) is 18.5. The fourth-order valence-electron chi connectivity index (χ4n) is 4.02. The number of benzene rings is 2. The van der Waals surface area contributed by atoms with Crippen LogP contribution in [-0.2, 0) is 11.3 Å². The Bertz CT molecular complexity index is 1400. The second-order valence-corrected chi connectivity index (χ2v) is 8.48. The Morgan fingerprint density at radius 2 is 2.03 bits per heavy atom. The highest BCUT2D eigenvalue weighted by atomic mass is 35.5. The van der Waals surface area contributed by atoms with E-state index in [0.29, 0.717) is 28.7 Å². The minimum Gasteiger partial charge on any atom is -0.360 e. The third-order valence-electron chi connectivity index (χ3n) is 5.71. The van der Waals surface area contributed by atoms with E-state index in [2.05, 4.69) is 21.3 Å². The Balaban J connectivity index is 1.33. The molecule has 2 aromatic carbocycles. The van der Waals surface area contributed by atoms with E-state index >= 15 is 0 Å². The van der Waals surface area contributed by atoms with Gasteiger partial charge < -0.3 is 9.88 Å². The van der Waals surface area contributed by atoms with Gasteiger partial charge in [0.05, 0.1) is 0 Å². The number of H-pyrrole nitrogens is 2. The largest absolute Gasteiger partial charge is 0.360 e. The minimum atomic E-state index is -0.267. The summed E-state index contributed by atoms with van der Waals surface area (Å²) in [6.07, 6.45) is 4.68. The van der Waals surface area contributed by atoms with Crippen LogP contribution in [0.1, 0.15) is 12.0 Å². The maximum absolute atomic E-state index is 13.5. The van der Waals surface area contributed by atoms with Gasteiger partial charge in [-0.05, 0) is 66.7 Å². The first-order valence-corrected chi connectivity index (χ1v) is 10.9. The average Bonchev–Trinajstić information content (AvgIpc) is 3.38. The fraction of sp³-hybridized carbons (Fsp3) is 0.174. The van der Waals surface area contributed by atoms with Crippen LogP contribution in [0.4, 0.5) is 4.39 Å².